The molecule has 208 valence electrons. The topological polar surface area (TPSA) is 84.9 Å². The molecule has 2 amide bonds. The van der Waals surface area contributed by atoms with E-state index in [2.05, 4.69) is 26.1 Å². The second-order valence-electron chi connectivity index (χ2n) is 10.5. The van der Waals surface area contributed by atoms with Crippen molar-refractivity contribution in [2.24, 2.45) is 0 Å². The molecule has 37 heavy (non-hydrogen) atoms. The number of nitrogens with one attached hydrogen (secondary N) is 1. The van der Waals surface area contributed by atoms with E-state index in [0.29, 0.717) is 25.4 Å². The van der Waals surface area contributed by atoms with Crippen LogP contribution in [-0.4, -0.2) is 55.0 Å². The molecule has 0 bridgehead atoms. The van der Waals surface area contributed by atoms with Crippen LogP contribution in [0.5, 0.6) is 5.75 Å². The van der Waals surface area contributed by atoms with Crippen molar-refractivity contribution in [3.05, 3.63) is 29.3 Å². The van der Waals surface area contributed by atoms with Gasteiger partial charge in [0.15, 0.2) is 6.61 Å². The van der Waals surface area contributed by atoms with Gasteiger partial charge in [-0.05, 0) is 36.5 Å². The largest absolute Gasteiger partial charge is 0.483 e. The van der Waals surface area contributed by atoms with Gasteiger partial charge in [0.25, 0.3) is 5.91 Å². The molecule has 0 aromatic heterocycles. The van der Waals surface area contributed by atoms with Crippen LogP contribution in [0.1, 0.15) is 108 Å². The molecule has 0 radical (unpaired) electrons. The summed E-state index contributed by atoms with van der Waals surface area (Å²) in [5, 5.41) is 2.76. The minimum absolute atomic E-state index is 0.142. The fourth-order valence-corrected chi connectivity index (χ4v) is 4.67. The Bertz CT molecular complexity index is 854. The van der Waals surface area contributed by atoms with E-state index in [4.69, 9.17) is 9.47 Å². The number of carbonyl (C=O) groups is 3. The van der Waals surface area contributed by atoms with Crippen molar-refractivity contribution in [3.8, 4) is 5.75 Å². The number of unbranched alkanes of at least 4 members (excludes halogenated alkanes) is 9. The smallest absolute Gasteiger partial charge is 0.308 e. The van der Waals surface area contributed by atoms with E-state index in [1.54, 1.807) is 0 Å². The van der Waals surface area contributed by atoms with E-state index in [-0.39, 0.29) is 30.8 Å². The third kappa shape index (κ3) is 11.1. The number of ether oxygens (including phenoxy) is 2. The molecule has 0 saturated carbocycles. The number of nitrogens with zero attached hydrogens (tertiary/aromatic N) is 1. The number of benzene rings is 1. The summed E-state index contributed by atoms with van der Waals surface area (Å²) in [6.07, 6.45) is 12.0. The van der Waals surface area contributed by atoms with Crippen LogP contribution >= 0.6 is 0 Å². The molecule has 7 nitrogen and oxygen atoms in total. The second kappa shape index (κ2) is 17.0. The molecule has 2 rings (SSSR count). The summed E-state index contributed by atoms with van der Waals surface area (Å²) in [6, 6.07) is 5.10. The van der Waals surface area contributed by atoms with Crippen LogP contribution < -0.4 is 10.1 Å². The van der Waals surface area contributed by atoms with Crippen LogP contribution in [0.2, 0.25) is 0 Å². The fraction of sp³-hybridized carbons (Fsp3) is 0.700. The Labute approximate surface area is 223 Å². The third-order valence-corrected chi connectivity index (χ3v) is 6.91. The van der Waals surface area contributed by atoms with E-state index in [0.717, 1.165) is 30.4 Å². The summed E-state index contributed by atoms with van der Waals surface area (Å²) < 4.78 is 11.3. The maximum Gasteiger partial charge on any atom is 0.308 e. The first-order chi connectivity index (χ1) is 17.8. The standard InChI is InChI=1S/C30H48N2O5/c1-5-6-7-8-9-10-11-12-13-14-19-36-29(34)21-26-30(35)31-17-18-32(26)28(33)22-37-27-20-24(4)15-16-25(27)23(2)3/h15-16,20,23,26H,5-14,17-19,21-22H2,1-4H3,(H,31,35). The Balaban J connectivity index is 1.74. The highest BCUT2D eigenvalue weighted by atomic mass is 16.5. The van der Waals surface area contributed by atoms with Gasteiger partial charge < -0.3 is 19.7 Å². The molecule has 1 atom stereocenters. The van der Waals surface area contributed by atoms with E-state index in [9.17, 15) is 14.4 Å². The van der Waals surface area contributed by atoms with E-state index in [1.807, 2.05) is 25.1 Å². The zero-order valence-electron chi connectivity index (χ0n) is 23.5. The summed E-state index contributed by atoms with van der Waals surface area (Å²) in [7, 11) is 0. The number of piperazine rings is 1. The van der Waals surface area contributed by atoms with Gasteiger partial charge in [0.1, 0.15) is 11.8 Å². The summed E-state index contributed by atoms with van der Waals surface area (Å²) >= 11 is 0. The number of amides is 2. The maximum absolute atomic E-state index is 13.0. The number of hydrogen-bond acceptors (Lipinski definition) is 5. The van der Waals surface area contributed by atoms with Crippen LogP contribution in [0.15, 0.2) is 18.2 Å². The van der Waals surface area contributed by atoms with Crippen molar-refractivity contribution in [1.82, 2.24) is 10.2 Å². The maximum atomic E-state index is 13.0. The van der Waals surface area contributed by atoms with Gasteiger partial charge in [-0.15, -0.1) is 0 Å². The monoisotopic (exact) mass is 516 g/mol. The minimum atomic E-state index is -0.868. The average Bonchev–Trinajstić information content (AvgIpc) is 2.86. The van der Waals surface area contributed by atoms with Gasteiger partial charge in [-0.25, -0.2) is 0 Å². The van der Waals surface area contributed by atoms with E-state index >= 15 is 0 Å². The Morgan fingerprint density at radius 1 is 1.03 bits per heavy atom. The van der Waals surface area contributed by atoms with Gasteiger partial charge >= 0.3 is 5.97 Å². The molecular formula is C30H48N2O5. The molecule has 1 heterocycles. The lowest BCUT2D eigenvalue weighted by Crippen LogP contribution is -2.58. The first-order valence-corrected chi connectivity index (χ1v) is 14.3. The van der Waals surface area contributed by atoms with Crippen LogP contribution in [0, 0.1) is 6.92 Å². The first kappa shape index (κ1) is 30.7. The molecule has 1 N–H and O–H groups in total. The Morgan fingerprint density at radius 2 is 1.68 bits per heavy atom. The number of carbonyl (C=O) groups excluding carboxylic acids is 3. The van der Waals surface area contributed by atoms with Gasteiger partial charge in [0.2, 0.25) is 5.91 Å². The van der Waals surface area contributed by atoms with Crippen LogP contribution in [0.25, 0.3) is 0 Å². The molecule has 0 spiro atoms. The lowest BCUT2D eigenvalue weighted by Gasteiger charge is -2.34. The van der Waals surface area contributed by atoms with Gasteiger partial charge in [-0.3, -0.25) is 14.4 Å². The summed E-state index contributed by atoms with van der Waals surface area (Å²) in [5.74, 6) is -0.147. The molecule has 7 heteroatoms. The normalized spacial score (nSPS) is 15.5. The quantitative estimate of drug-likeness (QED) is 0.213. The lowest BCUT2D eigenvalue weighted by molar-refractivity contribution is -0.152. The summed E-state index contributed by atoms with van der Waals surface area (Å²) in [5.41, 5.74) is 2.08. The molecule has 1 aromatic rings. The zero-order valence-corrected chi connectivity index (χ0v) is 23.5. The van der Waals surface area contributed by atoms with Gasteiger partial charge in [-0.2, -0.15) is 0 Å². The first-order valence-electron chi connectivity index (χ1n) is 14.3. The van der Waals surface area contributed by atoms with Gasteiger partial charge in [0.05, 0.1) is 13.0 Å². The van der Waals surface area contributed by atoms with Crippen molar-refractivity contribution >= 4 is 17.8 Å². The summed E-state index contributed by atoms with van der Waals surface area (Å²) in [6.45, 7) is 9.23. The van der Waals surface area contributed by atoms with E-state index in [1.165, 1.54) is 49.8 Å². The van der Waals surface area contributed by atoms with Gasteiger partial charge in [0, 0.05) is 13.1 Å². The van der Waals surface area contributed by atoms with Crippen LogP contribution in [0.4, 0.5) is 0 Å². The van der Waals surface area contributed by atoms with Crippen LogP contribution in [0.3, 0.4) is 0 Å². The zero-order chi connectivity index (χ0) is 27.0. The fourth-order valence-electron chi connectivity index (χ4n) is 4.67. The Kier molecular flexibility index (Phi) is 14.1. The molecule has 1 unspecified atom stereocenters. The van der Waals surface area contributed by atoms with Crippen LogP contribution in [-0.2, 0) is 19.1 Å². The van der Waals surface area contributed by atoms with Crippen molar-refractivity contribution in [3.63, 3.8) is 0 Å². The summed E-state index contributed by atoms with van der Waals surface area (Å²) in [4.78, 5) is 39.4. The average molecular weight is 517 g/mol. The molecule has 1 aromatic carbocycles. The highest BCUT2D eigenvalue weighted by Gasteiger charge is 2.35. The number of hydrogen-bond donors (Lipinski definition) is 1. The second-order valence-corrected chi connectivity index (χ2v) is 10.5. The number of rotatable bonds is 17. The van der Waals surface area contributed by atoms with Crippen molar-refractivity contribution < 1.29 is 23.9 Å². The number of aryl methyl sites for hydroxylation is 1. The molecule has 1 saturated heterocycles. The Hall–Kier alpha value is -2.57. The molecular weight excluding hydrogens is 468 g/mol. The highest BCUT2D eigenvalue weighted by molar-refractivity contribution is 5.92. The minimum Gasteiger partial charge on any atom is -0.483 e. The molecule has 1 fully saturated rings. The molecule has 1 aliphatic heterocycles. The molecule has 1 aliphatic rings. The number of esters is 1. The molecule has 0 aliphatic carbocycles. The SMILES string of the molecule is CCCCCCCCCCCCOC(=O)CC1C(=O)NCCN1C(=O)COc1cc(C)ccc1C(C)C. The van der Waals surface area contributed by atoms with Crippen molar-refractivity contribution in [1.29, 1.82) is 0 Å². The third-order valence-electron chi connectivity index (χ3n) is 6.91. The predicted molar refractivity (Wildman–Crippen MR) is 147 cm³/mol. The van der Waals surface area contributed by atoms with Crippen molar-refractivity contribution in [2.45, 2.75) is 110 Å². The van der Waals surface area contributed by atoms with E-state index < -0.39 is 12.0 Å². The van der Waals surface area contributed by atoms with Gasteiger partial charge in [-0.1, -0.05) is 90.7 Å². The lowest BCUT2D eigenvalue weighted by atomic mass is 10.0. The van der Waals surface area contributed by atoms with Crippen molar-refractivity contribution in [2.75, 3.05) is 26.3 Å². The predicted octanol–water partition coefficient (Wildman–Crippen LogP) is 5.68. The Morgan fingerprint density at radius 3 is 2.32 bits per heavy atom. The highest BCUT2D eigenvalue weighted by Crippen LogP contribution is 2.27.